The molecule has 1 fully saturated rings. The van der Waals surface area contributed by atoms with Crippen molar-refractivity contribution >= 4 is 0 Å². The van der Waals surface area contributed by atoms with E-state index in [-0.39, 0.29) is 13.0 Å². The molecule has 0 aromatic carbocycles. The van der Waals surface area contributed by atoms with Crippen LogP contribution in [0.5, 0.6) is 0 Å². The largest absolute Gasteiger partial charge is 0.384 e. The summed E-state index contributed by atoms with van der Waals surface area (Å²) in [6.07, 6.45) is 0.0147. The molecule has 1 rings (SSSR count). The van der Waals surface area contributed by atoms with Gasteiger partial charge < -0.3 is 4.74 Å². The van der Waals surface area contributed by atoms with Crippen LogP contribution in [0.2, 0.25) is 0 Å². The van der Waals surface area contributed by atoms with E-state index in [4.69, 9.17) is 0 Å². The monoisotopic (exact) mass is 152 g/mol. The molecule has 0 aromatic heterocycles. The van der Waals surface area contributed by atoms with Gasteiger partial charge in [-0.2, -0.15) is 0 Å². The molecule has 1 aliphatic rings. The minimum atomic E-state index is -2.41. The Morgan fingerprint density at radius 2 is 1.90 bits per heavy atom. The molecule has 0 saturated heterocycles. The Balaban J connectivity index is 0.000000371. The van der Waals surface area contributed by atoms with Crippen molar-refractivity contribution in [3.8, 4) is 0 Å². The van der Waals surface area contributed by atoms with Gasteiger partial charge in [0.15, 0.2) is 0 Å². The molecule has 62 valence electrons. The van der Waals surface area contributed by atoms with Crippen molar-refractivity contribution in [2.45, 2.75) is 26.2 Å². The van der Waals surface area contributed by atoms with Crippen LogP contribution in [0.4, 0.5) is 8.78 Å². The highest BCUT2D eigenvalue weighted by Gasteiger charge is 2.56. The van der Waals surface area contributed by atoms with Crippen LogP contribution >= 0.6 is 0 Å². The summed E-state index contributed by atoms with van der Waals surface area (Å²) in [5, 5.41) is 0. The highest BCUT2D eigenvalue weighted by molar-refractivity contribution is 4.94. The molecule has 1 nitrogen and oxygen atoms in total. The molecule has 0 amide bonds. The van der Waals surface area contributed by atoms with Crippen LogP contribution in [-0.4, -0.2) is 19.6 Å². The topological polar surface area (TPSA) is 9.23 Å². The number of alkyl halides is 2. The summed E-state index contributed by atoms with van der Waals surface area (Å²) >= 11 is 0. The maximum atomic E-state index is 11.9. The van der Waals surface area contributed by atoms with Gasteiger partial charge in [-0.15, -0.1) is 0 Å². The van der Waals surface area contributed by atoms with Crippen LogP contribution in [0.3, 0.4) is 0 Å². The van der Waals surface area contributed by atoms with Gasteiger partial charge in [0, 0.05) is 13.5 Å². The number of halogens is 2. The van der Waals surface area contributed by atoms with Gasteiger partial charge in [0.2, 0.25) is 0 Å². The highest BCUT2D eigenvalue weighted by atomic mass is 19.3. The third-order valence-corrected chi connectivity index (χ3v) is 1.32. The molecular weight excluding hydrogens is 138 g/mol. The summed E-state index contributed by atoms with van der Waals surface area (Å²) in [5.41, 5.74) is 0. The number of methoxy groups -OCH3 is 1. The molecule has 10 heavy (non-hydrogen) atoms. The van der Waals surface area contributed by atoms with E-state index >= 15 is 0 Å². The summed E-state index contributed by atoms with van der Waals surface area (Å²) < 4.78 is 28.3. The van der Waals surface area contributed by atoms with E-state index in [1.807, 2.05) is 13.8 Å². The Hall–Kier alpha value is -0.180. The fourth-order valence-electron chi connectivity index (χ4n) is 0.652. The van der Waals surface area contributed by atoms with E-state index in [0.29, 0.717) is 0 Å². The number of hydrogen-bond donors (Lipinski definition) is 0. The molecule has 1 saturated carbocycles. The fourth-order valence-corrected chi connectivity index (χ4v) is 0.652. The minimum Gasteiger partial charge on any atom is -0.384 e. The maximum Gasteiger partial charge on any atom is 0.253 e. The first-order chi connectivity index (χ1) is 4.67. The molecule has 1 unspecified atom stereocenters. The number of rotatable bonds is 2. The highest BCUT2D eigenvalue weighted by Crippen LogP contribution is 2.48. The number of ether oxygens (including phenoxy) is 1. The second kappa shape index (κ2) is 3.86. The standard InChI is InChI=1S/C5H8F2O.C2H6/c1-8-3-4-2-5(4,6)7;1-2/h4H,2-3H2,1H3;1-2H3. The molecule has 1 atom stereocenters. The average Bonchev–Trinajstić information content (AvgIpc) is 2.46. The lowest BCUT2D eigenvalue weighted by Crippen LogP contribution is -1.99. The van der Waals surface area contributed by atoms with Gasteiger partial charge in [-0.3, -0.25) is 0 Å². The van der Waals surface area contributed by atoms with Gasteiger partial charge in [-0.05, 0) is 0 Å². The quantitative estimate of drug-likeness (QED) is 0.590. The lowest BCUT2D eigenvalue weighted by molar-refractivity contribution is 0.0706. The SMILES string of the molecule is CC.COCC1CC1(F)F. The van der Waals surface area contributed by atoms with Crippen LogP contribution in [-0.2, 0) is 4.74 Å². The Kier molecular flexibility index (Phi) is 3.79. The van der Waals surface area contributed by atoms with Crippen molar-refractivity contribution in [3.05, 3.63) is 0 Å². The molecule has 1 aliphatic carbocycles. The van der Waals surface area contributed by atoms with Gasteiger partial charge in [0.1, 0.15) is 0 Å². The predicted octanol–water partition coefficient (Wildman–Crippen LogP) is 2.31. The zero-order chi connectivity index (χ0) is 8.20. The average molecular weight is 152 g/mol. The third kappa shape index (κ3) is 2.60. The summed E-state index contributed by atoms with van der Waals surface area (Å²) in [5.74, 6) is -2.90. The third-order valence-electron chi connectivity index (χ3n) is 1.32. The van der Waals surface area contributed by atoms with Gasteiger partial charge in [-0.25, -0.2) is 8.78 Å². The van der Waals surface area contributed by atoms with Crippen molar-refractivity contribution in [1.82, 2.24) is 0 Å². The minimum absolute atomic E-state index is 0.0147. The molecule has 0 aliphatic heterocycles. The smallest absolute Gasteiger partial charge is 0.253 e. The lowest BCUT2D eigenvalue weighted by atomic mass is 10.4. The number of hydrogen-bond acceptors (Lipinski definition) is 1. The summed E-state index contributed by atoms with van der Waals surface area (Å²) in [4.78, 5) is 0. The van der Waals surface area contributed by atoms with Crippen molar-refractivity contribution < 1.29 is 13.5 Å². The zero-order valence-electron chi connectivity index (χ0n) is 6.66. The first-order valence-corrected chi connectivity index (χ1v) is 3.53. The van der Waals surface area contributed by atoms with E-state index < -0.39 is 11.8 Å². The van der Waals surface area contributed by atoms with Crippen LogP contribution in [0, 0.1) is 5.92 Å². The Morgan fingerprint density at radius 1 is 1.50 bits per heavy atom. The van der Waals surface area contributed by atoms with Crippen LogP contribution in [0.25, 0.3) is 0 Å². The van der Waals surface area contributed by atoms with Gasteiger partial charge in [0.05, 0.1) is 12.5 Å². The second-order valence-electron chi connectivity index (χ2n) is 2.12. The zero-order valence-corrected chi connectivity index (χ0v) is 6.66. The van der Waals surface area contributed by atoms with E-state index in [1.165, 1.54) is 7.11 Å². The first-order valence-electron chi connectivity index (χ1n) is 3.53. The molecular formula is C7H14F2O. The Bertz CT molecular complexity index is 93.6. The van der Waals surface area contributed by atoms with Crippen LogP contribution in [0.1, 0.15) is 20.3 Å². The summed E-state index contributed by atoms with van der Waals surface area (Å²) in [6, 6.07) is 0. The lowest BCUT2D eigenvalue weighted by Gasteiger charge is -1.92. The van der Waals surface area contributed by atoms with Gasteiger partial charge in [-0.1, -0.05) is 13.8 Å². The molecule has 0 N–H and O–H groups in total. The van der Waals surface area contributed by atoms with Crippen LogP contribution < -0.4 is 0 Å². The van der Waals surface area contributed by atoms with E-state index in [1.54, 1.807) is 0 Å². The summed E-state index contributed by atoms with van der Waals surface area (Å²) in [6.45, 7) is 4.20. The van der Waals surface area contributed by atoms with Crippen molar-refractivity contribution in [3.63, 3.8) is 0 Å². The van der Waals surface area contributed by atoms with Gasteiger partial charge in [0.25, 0.3) is 5.92 Å². The van der Waals surface area contributed by atoms with E-state index in [2.05, 4.69) is 4.74 Å². The summed E-state index contributed by atoms with van der Waals surface area (Å²) in [7, 11) is 1.44. The molecule has 0 radical (unpaired) electrons. The molecule has 3 heteroatoms. The fraction of sp³-hybridized carbons (Fsp3) is 1.00. The van der Waals surface area contributed by atoms with E-state index in [0.717, 1.165) is 0 Å². The van der Waals surface area contributed by atoms with Crippen molar-refractivity contribution in [2.24, 2.45) is 5.92 Å². The van der Waals surface area contributed by atoms with Crippen molar-refractivity contribution in [2.75, 3.05) is 13.7 Å². The first kappa shape index (κ1) is 9.82. The Labute approximate surface area is 60.4 Å². The molecule has 0 bridgehead atoms. The molecule has 0 spiro atoms. The van der Waals surface area contributed by atoms with E-state index in [9.17, 15) is 8.78 Å². The normalized spacial score (nSPS) is 26.7. The molecule has 0 aromatic rings. The van der Waals surface area contributed by atoms with Crippen molar-refractivity contribution in [1.29, 1.82) is 0 Å². The predicted molar refractivity (Wildman–Crippen MR) is 36.3 cm³/mol. The van der Waals surface area contributed by atoms with Crippen LogP contribution in [0.15, 0.2) is 0 Å². The second-order valence-corrected chi connectivity index (χ2v) is 2.12. The Morgan fingerprint density at radius 3 is 2.00 bits per heavy atom. The molecule has 0 heterocycles. The maximum absolute atomic E-state index is 11.9. The van der Waals surface area contributed by atoms with Gasteiger partial charge >= 0.3 is 0 Å².